The van der Waals surface area contributed by atoms with Gasteiger partial charge in [0.1, 0.15) is 0 Å². The fraction of sp³-hybridized carbons (Fsp3) is 0.154. The lowest BCUT2D eigenvalue weighted by atomic mass is 10.1. The molecule has 1 aromatic carbocycles. The van der Waals surface area contributed by atoms with Gasteiger partial charge in [0, 0.05) is 23.9 Å². The second-order valence-electron chi connectivity index (χ2n) is 4.31. The summed E-state index contributed by atoms with van der Waals surface area (Å²) in [5.41, 5.74) is 7.22. The average Bonchev–Trinajstić information content (AvgIpc) is 2.82. The van der Waals surface area contributed by atoms with Gasteiger partial charge in [0.2, 0.25) is 0 Å². The van der Waals surface area contributed by atoms with E-state index in [9.17, 15) is 9.59 Å². The summed E-state index contributed by atoms with van der Waals surface area (Å²) in [6.07, 6.45) is 0. The van der Waals surface area contributed by atoms with E-state index in [1.54, 1.807) is 30.3 Å². The van der Waals surface area contributed by atoms with Crippen LogP contribution in [0.25, 0.3) is 0 Å². The van der Waals surface area contributed by atoms with Crippen LogP contribution in [0, 0.1) is 6.92 Å². The molecule has 0 aliphatic heterocycles. The molecule has 1 heterocycles. The van der Waals surface area contributed by atoms with Crippen LogP contribution in [-0.4, -0.2) is 22.1 Å². The average molecular weight is 273 g/mol. The van der Waals surface area contributed by atoms with Crippen LogP contribution in [0.4, 0.5) is 10.6 Å². The third-order valence-electron chi connectivity index (χ3n) is 2.63. The molecule has 5 N–H and O–H groups in total. The summed E-state index contributed by atoms with van der Waals surface area (Å²) >= 11 is 0. The summed E-state index contributed by atoms with van der Waals surface area (Å²) in [6.45, 7) is 2.18. The predicted octanol–water partition coefficient (Wildman–Crippen LogP) is 1.14. The lowest BCUT2D eigenvalue weighted by Gasteiger charge is -2.04. The molecular weight excluding hydrogens is 258 g/mol. The van der Waals surface area contributed by atoms with Crippen molar-refractivity contribution in [1.82, 2.24) is 15.5 Å². The number of amides is 3. The highest BCUT2D eigenvalue weighted by molar-refractivity contribution is 6.03. The predicted molar refractivity (Wildman–Crippen MR) is 74.1 cm³/mol. The van der Waals surface area contributed by atoms with Gasteiger partial charge < -0.3 is 16.4 Å². The number of aromatic nitrogens is 2. The smallest absolute Gasteiger partial charge is 0.312 e. The number of hydrogen-bond acceptors (Lipinski definition) is 3. The second-order valence-corrected chi connectivity index (χ2v) is 4.31. The first-order chi connectivity index (χ1) is 9.54. The normalized spacial score (nSPS) is 10.1. The molecule has 0 bridgehead atoms. The number of nitrogens with zero attached hydrogens (tertiary/aromatic N) is 1. The Bertz CT molecular complexity index is 618. The number of anilines is 1. The van der Waals surface area contributed by atoms with Crippen LogP contribution in [0.1, 0.15) is 21.6 Å². The molecular formula is C13H15N5O2. The highest BCUT2D eigenvalue weighted by Gasteiger charge is 2.07. The fourth-order valence-electron chi connectivity index (χ4n) is 1.63. The summed E-state index contributed by atoms with van der Waals surface area (Å²) in [6, 6.07) is 8.00. The number of benzene rings is 1. The molecule has 0 fully saturated rings. The fourth-order valence-corrected chi connectivity index (χ4v) is 1.63. The van der Waals surface area contributed by atoms with Crippen LogP contribution in [0.2, 0.25) is 0 Å². The summed E-state index contributed by atoms with van der Waals surface area (Å²) in [7, 11) is 0. The maximum atomic E-state index is 11.9. The zero-order chi connectivity index (χ0) is 14.5. The number of H-pyrrole nitrogens is 1. The molecule has 0 atom stereocenters. The molecule has 104 valence electrons. The first-order valence-corrected chi connectivity index (χ1v) is 6.00. The van der Waals surface area contributed by atoms with Gasteiger partial charge in [-0.3, -0.25) is 9.89 Å². The molecule has 1 aromatic heterocycles. The molecule has 7 heteroatoms. The van der Waals surface area contributed by atoms with E-state index in [1.807, 2.05) is 6.92 Å². The molecule has 0 aliphatic carbocycles. The van der Waals surface area contributed by atoms with Crippen LogP contribution in [-0.2, 0) is 6.54 Å². The van der Waals surface area contributed by atoms with Crippen molar-refractivity contribution < 1.29 is 9.59 Å². The van der Waals surface area contributed by atoms with E-state index in [0.717, 1.165) is 11.3 Å². The second kappa shape index (κ2) is 5.87. The molecule has 0 radical (unpaired) electrons. The maximum absolute atomic E-state index is 11.9. The van der Waals surface area contributed by atoms with E-state index in [-0.39, 0.29) is 5.91 Å². The van der Waals surface area contributed by atoms with Crippen LogP contribution in [0.15, 0.2) is 30.3 Å². The van der Waals surface area contributed by atoms with Crippen LogP contribution in [0.5, 0.6) is 0 Å². The Balaban J connectivity index is 1.98. The zero-order valence-corrected chi connectivity index (χ0v) is 10.9. The number of aromatic amines is 1. The van der Waals surface area contributed by atoms with Gasteiger partial charge in [0.25, 0.3) is 5.91 Å². The SMILES string of the molecule is Cc1cc(NC(=O)c2ccc(CNC(N)=O)cc2)n[nH]1. The zero-order valence-electron chi connectivity index (χ0n) is 10.9. The Kier molecular flexibility index (Phi) is 3.99. The van der Waals surface area contributed by atoms with Crippen molar-refractivity contribution in [2.75, 3.05) is 5.32 Å². The van der Waals surface area contributed by atoms with Gasteiger partial charge in [-0.15, -0.1) is 0 Å². The van der Waals surface area contributed by atoms with Crippen molar-refractivity contribution in [3.63, 3.8) is 0 Å². The van der Waals surface area contributed by atoms with E-state index in [1.165, 1.54) is 0 Å². The summed E-state index contributed by atoms with van der Waals surface area (Å²) in [5, 5.41) is 11.8. The minimum atomic E-state index is -0.583. The van der Waals surface area contributed by atoms with Gasteiger partial charge in [-0.1, -0.05) is 12.1 Å². The highest BCUT2D eigenvalue weighted by Crippen LogP contribution is 2.09. The molecule has 3 amide bonds. The topological polar surface area (TPSA) is 113 Å². The van der Waals surface area contributed by atoms with Gasteiger partial charge >= 0.3 is 6.03 Å². The van der Waals surface area contributed by atoms with Crippen LogP contribution >= 0.6 is 0 Å². The van der Waals surface area contributed by atoms with Crippen molar-refractivity contribution in [1.29, 1.82) is 0 Å². The summed E-state index contributed by atoms with van der Waals surface area (Å²) in [5.74, 6) is 0.234. The number of carbonyl (C=O) groups excluding carboxylic acids is 2. The standard InChI is InChI=1S/C13H15N5O2/c1-8-6-11(18-17-8)16-12(19)10-4-2-9(3-5-10)7-15-13(14)20/h2-6H,7H2,1H3,(H3,14,15,20)(H2,16,17,18,19). The third-order valence-corrected chi connectivity index (χ3v) is 2.63. The van der Waals surface area contributed by atoms with E-state index < -0.39 is 6.03 Å². The third kappa shape index (κ3) is 3.58. The molecule has 0 spiro atoms. The van der Waals surface area contributed by atoms with Gasteiger partial charge in [0.15, 0.2) is 5.82 Å². The molecule has 2 aromatic rings. The molecule has 7 nitrogen and oxygen atoms in total. The summed E-state index contributed by atoms with van der Waals surface area (Å²) < 4.78 is 0. The Morgan fingerprint density at radius 3 is 2.55 bits per heavy atom. The minimum absolute atomic E-state index is 0.245. The van der Waals surface area contributed by atoms with E-state index in [2.05, 4.69) is 20.8 Å². The molecule has 0 saturated carbocycles. The number of nitrogens with one attached hydrogen (secondary N) is 3. The number of carbonyl (C=O) groups is 2. The first-order valence-electron chi connectivity index (χ1n) is 6.00. The number of aryl methyl sites for hydroxylation is 1. The quantitative estimate of drug-likeness (QED) is 0.669. The lowest BCUT2D eigenvalue weighted by molar-refractivity contribution is 0.102. The van der Waals surface area contributed by atoms with Gasteiger partial charge in [-0.25, -0.2) is 4.79 Å². The van der Waals surface area contributed by atoms with Crippen molar-refractivity contribution in [2.45, 2.75) is 13.5 Å². The van der Waals surface area contributed by atoms with E-state index in [4.69, 9.17) is 5.73 Å². The molecule has 0 unspecified atom stereocenters. The Morgan fingerprint density at radius 1 is 1.30 bits per heavy atom. The lowest BCUT2D eigenvalue weighted by Crippen LogP contribution is -2.28. The van der Waals surface area contributed by atoms with Gasteiger partial charge in [-0.2, -0.15) is 5.10 Å². The van der Waals surface area contributed by atoms with Crippen molar-refractivity contribution in [3.8, 4) is 0 Å². The van der Waals surface area contributed by atoms with Gasteiger partial charge in [-0.05, 0) is 24.6 Å². The Morgan fingerprint density at radius 2 is 2.00 bits per heavy atom. The number of urea groups is 1. The van der Waals surface area contributed by atoms with Crippen molar-refractivity contribution in [2.24, 2.45) is 5.73 Å². The minimum Gasteiger partial charge on any atom is -0.352 e. The number of hydrogen-bond donors (Lipinski definition) is 4. The first kappa shape index (κ1) is 13.6. The maximum Gasteiger partial charge on any atom is 0.312 e. The number of rotatable bonds is 4. The van der Waals surface area contributed by atoms with Gasteiger partial charge in [0.05, 0.1) is 0 Å². The number of primary amides is 1. The van der Waals surface area contributed by atoms with Crippen molar-refractivity contribution >= 4 is 17.8 Å². The van der Waals surface area contributed by atoms with E-state index in [0.29, 0.717) is 17.9 Å². The number of nitrogens with two attached hydrogens (primary N) is 1. The highest BCUT2D eigenvalue weighted by atomic mass is 16.2. The molecule has 20 heavy (non-hydrogen) atoms. The summed E-state index contributed by atoms with van der Waals surface area (Å²) in [4.78, 5) is 22.5. The molecule has 0 saturated heterocycles. The molecule has 2 rings (SSSR count). The van der Waals surface area contributed by atoms with Crippen molar-refractivity contribution in [3.05, 3.63) is 47.2 Å². The van der Waals surface area contributed by atoms with E-state index >= 15 is 0 Å². The largest absolute Gasteiger partial charge is 0.352 e. The van der Waals surface area contributed by atoms with Crippen LogP contribution in [0.3, 0.4) is 0 Å². The Hall–Kier alpha value is -2.83. The Labute approximate surface area is 115 Å². The van der Waals surface area contributed by atoms with Crippen LogP contribution < -0.4 is 16.4 Å². The monoisotopic (exact) mass is 273 g/mol. The molecule has 0 aliphatic rings.